The van der Waals surface area contributed by atoms with Gasteiger partial charge in [-0.25, -0.2) is 0 Å². The van der Waals surface area contributed by atoms with Crippen LogP contribution in [0.25, 0.3) is 6.08 Å². The third-order valence-electron chi connectivity index (χ3n) is 2.56. The van der Waals surface area contributed by atoms with Crippen LogP contribution in [-0.2, 0) is 11.2 Å². The molecule has 0 spiro atoms. The van der Waals surface area contributed by atoms with Crippen LogP contribution in [0.2, 0.25) is 0 Å². The van der Waals surface area contributed by atoms with E-state index in [9.17, 15) is 4.79 Å². The van der Waals surface area contributed by atoms with Gasteiger partial charge in [0, 0.05) is 18.4 Å². The first kappa shape index (κ1) is 13.1. The van der Waals surface area contributed by atoms with Gasteiger partial charge in [0.1, 0.15) is 5.76 Å². The second kappa shape index (κ2) is 6.56. The molecular weight excluding hydrogens is 242 g/mol. The van der Waals surface area contributed by atoms with Crippen molar-refractivity contribution in [1.29, 1.82) is 0 Å². The Morgan fingerprint density at radius 2 is 2.05 bits per heavy atom. The zero-order valence-corrected chi connectivity index (χ0v) is 10.4. The third kappa shape index (κ3) is 4.12. The summed E-state index contributed by atoms with van der Waals surface area (Å²) in [6, 6.07) is 10.9. The van der Waals surface area contributed by atoms with Gasteiger partial charge in [-0.2, -0.15) is 0 Å². The summed E-state index contributed by atoms with van der Waals surface area (Å²) in [5, 5.41) is 11.6. The molecule has 1 amide bonds. The number of carbonyl (C=O) groups is 1. The number of rotatable bonds is 5. The summed E-state index contributed by atoms with van der Waals surface area (Å²) in [5.41, 5.74) is 1.75. The van der Waals surface area contributed by atoms with Crippen molar-refractivity contribution in [3.05, 3.63) is 60.1 Å². The maximum absolute atomic E-state index is 11.6. The number of anilines is 1. The number of furan rings is 1. The molecule has 2 N–H and O–H groups in total. The van der Waals surface area contributed by atoms with Gasteiger partial charge in [-0.1, -0.05) is 12.1 Å². The molecule has 1 aromatic carbocycles. The maximum Gasteiger partial charge on any atom is 0.248 e. The smallest absolute Gasteiger partial charge is 0.248 e. The lowest BCUT2D eigenvalue weighted by Gasteiger charge is -2.03. The van der Waals surface area contributed by atoms with Crippen molar-refractivity contribution < 1.29 is 14.3 Å². The molecule has 0 atom stereocenters. The fourth-order valence-electron chi connectivity index (χ4n) is 1.61. The lowest BCUT2D eigenvalue weighted by molar-refractivity contribution is -0.111. The van der Waals surface area contributed by atoms with Gasteiger partial charge in [0.15, 0.2) is 0 Å². The second-order valence-electron chi connectivity index (χ2n) is 4.01. The fourth-order valence-corrected chi connectivity index (χ4v) is 1.61. The molecule has 0 unspecified atom stereocenters. The highest BCUT2D eigenvalue weighted by Crippen LogP contribution is 2.10. The lowest BCUT2D eigenvalue weighted by Crippen LogP contribution is -2.07. The molecule has 2 aromatic rings. The normalized spacial score (nSPS) is 10.8. The Balaban J connectivity index is 1.91. The molecule has 19 heavy (non-hydrogen) atoms. The van der Waals surface area contributed by atoms with Crippen molar-refractivity contribution >= 4 is 17.7 Å². The van der Waals surface area contributed by atoms with Crippen LogP contribution in [0.1, 0.15) is 11.3 Å². The number of amides is 1. The Kier molecular flexibility index (Phi) is 4.53. The van der Waals surface area contributed by atoms with Gasteiger partial charge in [0.2, 0.25) is 5.91 Å². The number of benzene rings is 1. The minimum Gasteiger partial charge on any atom is -0.465 e. The highest BCUT2D eigenvalue weighted by Gasteiger charge is 1.99. The van der Waals surface area contributed by atoms with Crippen LogP contribution in [0.5, 0.6) is 0 Å². The van der Waals surface area contributed by atoms with Crippen LogP contribution < -0.4 is 5.32 Å². The van der Waals surface area contributed by atoms with Crippen molar-refractivity contribution in [3.8, 4) is 0 Å². The SMILES string of the molecule is O=C(C=Cc1ccco1)Nc1ccc(CCO)cc1. The van der Waals surface area contributed by atoms with E-state index in [2.05, 4.69) is 5.32 Å². The predicted molar refractivity (Wildman–Crippen MR) is 73.6 cm³/mol. The monoisotopic (exact) mass is 257 g/mol. The zero-order chi connectivity index (χ0) is 13.5. The van der Waals surface area contributed by atoms with E-state index in [0.717, 1.165) is 11.3 Å². The second-order valence-corrected chi connectivity index (χ2v) is 4.01. The summed E-state index contributed by atoms with van der Waals surface area (Å²) >= 11 is 0. The first-order valence-corrected chi connectivity index (χ1v) is 6.00. The predicted octanol–water partition coefficient (Wildman–Crippen LogP) is 2.47. The first-order chi connectivity index (χ1) is 9.28. The summed E-state index contributed by atoms with van der Waals surface area (Å²) in [7, 11) is 0. The molecule has 0 fully saturated rings. The highest BCUT2D eigenvalue weighted by molar-refractivity contribution is 6.01. The Bertz CT molecular complexity index is 541. The fraction of sp³-hybridized carbons (Fsp3) is 0.133. The Morgan fingerprint density at radius 1 is 1.26 bits per heavy atom. The molecular formula is C15H15NO3. The summed E-state index contributed by atoms with van der Waals surface area (Å²) in [5.74, 6) is 0.416. The molecule has 0 bridgehead atoms. The average molecular weight is 257 g/mol. The lowest BCUT2D eigenvalue weighted by atomic mass is 10.1. The first-order valence-electron chi connectivity index (χ1n) is 6.00. The number of hydrogen-bond acceptors (Lipinski definition) is 3. The number of aliphatic hydroxyl groups excluding tert-OH is 1. The van der Waals surface area contributed by atoms with Crippen molar-refractivity contribution in [2.24, 2.45) is 0 Å². The van der Waals surface area contributed by atoms with E-state index in [4.69, 9.17) is 9.52 Å². The van der Waals surface area contributed by atoms with Crippen LogP contribution >= 0.6 is 0 Å². The van der Waals surface area contributed by atoms with Gasteiger partial charge in [-0.15, -0.1) is 0 Å². The molecule has 0 saturated heterocycles. The molecule has 0 aliphatic rings. The minimum atomic E-state index is -0.216. The van der Waals surface area contributed by atoms with Gasteiger partial charge in [-0.3, -0.25) is 4.79 Å². The molecule has 1 heterocycles. The van der Waals surface area contributed by atoms with Gasteiger partial charge < -0.3 is 14.8 Å². The Hall–Kier alpha value is -2.33. The molecule has 2 rings (SSSR count). The van der Waals surface area contributed by atoms with Crippen LogP contribution in [0.15, 0.2) is 53.2 Å². The van der Waals surface area contributed by atoms with Crippen molar-refractivity contribution in [3.63, 3.8) is 0 Å². The number of aliphatic hydroxyl groups is 1. The van der Waals surface area contributed by atoms with Crippen molar-refractivity contribution in [1.82, 2.24) is 0 Å². The minimum absolute atomic E-state index is 0.123. The highest BCUT2D eigenvalue weighted by atomic mass is 16.3. The van der Waals surface area contributed by atoms with Crippen LogP contribution in [0.4, 0.5) is 5.69 Å². The molecule has 4 heteroatoms. The Morgan fingerprint density at radius 3 is 2.68 bits per heavy atom. The van der Waals surface area contributed by atoms with E-state index in [1.807, 2.05) is 24.3 Å². The molecule has 0 aliphatic heterocycles. The van der Waals surface area contributed by atoms with Gasteiger partial charge in [0.05, 0.1) is 6.26 Å². The maximum atomic E-state index is 11.6. The summed E-state index contributed by atoms with van der Waals surface area (Å²) < 4.78 is 5.09. The van der Waals surface area contributed by atoms with E-state index < -0.39 is 0 Å². The molecule has 98 valence electrons. The summed E-state index contributed by atoms with van der Waals surface area (Å²) in [6.07, 6.45) is 5.19. The van der Waals surface area contributed by atoms with E-state index in [1.54, 1.807) is 24.5 Å². The standard InChI is InChI=1S/C15H15NO3/c17-10-9-12-3-5-13(6-4-12)16-15(18)8-7-14-2-1-11-19-14/h1-8,11,17H,9-10H2,(H,16,18). The largest absolute Gasteiger partial charge is 0.465 e. The summed E-state index contributed by atoms with van der Waals surface area (Å²) in [4.78, 5) is 11.6. The van der Waals surface area contributed by atoms with E-state index >= 15 is 0 Å². The van der Waals surface area contributed by atoms with Gasteiger partial charge >= 0.3 is 0 Å². The average Bonchev–Trinajstić information content (AvgIpc) is 2.92. The summed E-state index contributed by atoms with van der Waals surface area (Å²) in [6.45, 7) is 0.123. The van der Waals surface area contributed by atoms with Gasteiger partial charge in [0.25, 0.3) is 0 Å². The van der Waals surface area contributed by atoms with Crippen LogP contribution in [0, 0.1) is 0 Å². The van der Waals surface area contributed by atoms with Gasteiger partial charge in [-0.05, 0) is 42.3 Å². The number of hydrogen-bond donors (Lipinski definition) is 2. The third-order valence-corrected chi connectivity index (χ3v) is 2.56. The number of carbonyl (C=O) groups excluding carboxylic acids is 1. The molecule has 1 aromatic heterocycles. The zero-order valence-electron chi connectivity index (χ0n) is 10.4. The molecule has 0 radical (unpaired) electrons. The molecule has 4 nitrogen and oxygen atoms in total. The van der Waals surface area contributed by atoms with Crippen molar-refractivity contribution in [2.45, 2.75) is 6.42 Å². The topological polar surface area (TPSA) is 62.5 Å². The van der Waals surface area contributed by atoms with Crippen LogP contribution in [0.3, 0.4) is 0 Å². The number of nitrogens with one attached hydrogen (secondary N) is 1. The quantitative estimate of drug-likeness (QED) is 0.809. The van der Waals surface area contributed by atoms with Crippen LogP contribution in [-0.4, -0.2) is 17.6 Å². The van der Waals surface area contributed by atoms with Crippen molar-refractivity contribution in [2.75, 3.05) is 11.9 Å². The molecule has 0 aliphatic carbocycles. The van der Waals surface area contributed by atoms with E-state index in [0.29, 0.717) is 12.2 Å². The molecule has 0 saturated carbocycles. The van der Waals surface area contributed by atoms with E-state index in [-0.39, 0.29) is 12.5 Å². The van der Waals surface area contributed by atoms with E-state index in [1.165, 1.54) is 6.08 Å². The Labute approximate surface area is 111 Å².